The fraction of sp³-hybridized carbons (Fsp3) is 0.556. The molecule has 0 aromatic heterocycles. The van der Waals surface area contributed by atoms with E-state index < -0.39 is 5.60 Å². The summed E-state index contributed by atoms with van der Waals surface area (Å²) in [4.78, 5) is 25.7. The highest BCUT2D eigenvalue weighted by molar-refractivity contribution is 9.10. The molecule has 130 valence electrons. The Kier molecular flexibility index (Phi) is 4.60. The Labute approximate surface area is 150 Å². The highest BCUT2D eigenvalue weighted by Gasteiger charge is 2.28. The zero-order valence-electron chi connectivity index (χ0n) is 14.3. The first-order chi connectivity index (χ1) is 11.2. The zero-order chi connectivity index (χ0) is 17.5. The molecule has 3 rings (SSSR count). The Hall–Kier alpha value is -1.56. The van der Waals surface area contributed by atoms with Crippen molar-refractivity contribution in [2.75, 3.05) is 19.7 Å². The number of carbonyl (C=O) groups is 2. The lowest BCUT2D eigenvalue weighted by Crippen LogP contribution is -2.38. The maximum atomic E-state index is 12.3. The number of nitrogens with zero attached hydrogens (tertiary/aromatic N) is 1. The molecule has 2 aliphatic rings. The predicted molar refractivity (Wildman–Crippen MR) is 93.6 cm³/mol. The van der Waals surface area contributed by atoms with Crippen LogP contribution >= 0.6 is 15.9 Å². The molecule has 0 spiro atoms. The average molecular weight is 396 g/mol. The monoisotopic (exact) mass is 395 g/mol. The highest BCUT2D eigenvalue weighted by atomic mass is 79.9. The Morgan fingerprint density at radius 3 is 2.67 bits per heavy atom. The molecule has 0 saturated carbocycles. The Balaban J connectivity index is 1.82. The minimum atomic E-state index is -0.496. The summed E-state index contributed by atoms with van der Waals surface area (Å²) in [5.74, 6) is 0.873. The lowest BCUT2D eigenvalue weighted by atomic mass is 9.95. The molecule has 0 bridgehead atoms. The second-order valence-electron chi connectivity index (χ2n) is 7.29. The number of hydrogen-bond acceptors (Lipinski definition) is 4. The Morgan fingerprint density at radius 2 is 1.96 bits per heavy atom. The molecule has 0 N–H and O–H groups in total. The molecule has 0 fully saturated rings. The maximum absolute atomic E-state index is 12.3. The fourth-order valence-corrected chi connectivity index (χ4v) is 3.92. The number of halogens is 1. The number of benzene rings is 1. The molecule has 1 amide bonds. The Morgan fingerprint density at radius 1 is 1.25 bits per heavy atom. The van der Waals surface area contributed by atoms with Crippen molar-refractivity contribution in [1.82, 2.24) is 4.90 Å². The third kappa shape index (κ3) is 3.58. The van der Waals surface area contributed by atoms with Crippen LogP contribution in [0.4, 0.5) is 4.79 Å². The summed E-state index contributed by atoms with van der Waals surface area (Å²) < 4.78 is 12.0. The van der Waals surface area contributed by atoms with Gasteiger partial charge in [0.2, 0.25) is 0 Å². The molecular formula is C18H22BrNO4. The number of amides is 1. The number of ketones is 1. The van der Waals surface area contributed by atoms with Crippen LogP contribution in [0.5, 0.6) is 5.75 Å². The van der Waals surface area contributed by atoms with Crippen molar-refractivity contribution in [3.63, 3.8) is 0 Å². The molecule has 0 atom stereocenters. The minimum Gasteiger partial charge on any atom is -0.484 e. The number of carbonyl (C=O) groups excluding carboxylic acids is 2. The maximum Gasteiger partial charge on any atom is 0.410 e. The van der Waals surface area contributed by atoms with Gasteiger partial charge < -0.3 is 14.4 Å². The van der Waals surface area contributed by atoms with E-state index in [2.05, 4.69) is 22.0 Å². The van der Waals surface area contributed by atoms with Crippen molar-refractivity contribution in [1.29, 1.82) is 0 Å². The summed E-state index contributed by atoms with van der Waals surface area (Å²) >= 11 is 3.64. The van der Waals surface area contributed by atoms with Crippen LogP contribution < -0.4 is 4.74 Å². The van der Waals surface area contributed by atoms with E-state index in [0.717, 1.165) is 34.2 Å². The smallest absolute Gasteiger partial charge is 0.410 e. The largest absolute Gasteiger partial charge is 0.484 e. The van der Waals surface area contributed by atoms with Gasteiger partial charge in [0.1, 0.15) is 18.0 Å². The lowest BCUT2D eigenvalue weighted by molar-refractivity contribution is -0.121. The molecule has 5 nitrogen and oxygen atoms in total. The molecule has 0 aliphatic carbocycles. The molecule has 24 heavy (non-hydrogen) atoms. The van der Waals surface area contributed by atoms with E-state index in [9.17, 15) is 9.59 Å². The van der Waals surface area contributed by atoms with E-state index in [1.165, 1.54) is 5.56 Å². The van der Waals surface area contributed by atoms with E-state index in [1.54, 1.807) is 4.90 Å². The molecule has 0 radical (unpaired) electrons. The zero-order valence-corrected chi connectivity index (χ0v) is 15.9. The van der Waals surface area contributed by atoms with Crippen LogP contribution in [0.1, 0.15) is 37.5 Å². The van der Waals surface area contributed by atoms with Gasteiger partial charge >= 0.3 is 6.09 Å². The molecular weight excluding hydrogens is 374 g/mol. The second kappa shape index (κ2) is 6.39. The highest BCUT2D eigenvalue weighted by Crippen LogP contribution is 2.38. The Bertz CT molecular complexity index is 693. The van der Waals surface area contributed by atoms with E-state index in [0.29, 0.717) is 19.5 Å². The fourth-order valence-electron chi connectivity index (χ4n) is 3.10. The number of Topliss-reactive ketones (excluding diaryl/α,β-unsaturated/α-hetero) is 1. The summed E-state index contributed by atoms with van der Waals surface area (Å²) in [6, 6.07) is 2.06. The standard InChI is InChI=1S/C18H22BrNO4/c1-18(2,3)24-17(22)20-6-4-11-8-12-9-13(21)10-23-16(12)15(19)14(11)5-7-20/h8H,4-7,9-10H2,1-3H3. The van der Waals surface area contributed by atoms with Gasteiger partial charge in [-0.25, -0.2) is 4.79 Å². The predicted octanol–water partition coefficient (Wildman–Crippen LogP) is 3.29. The lowest BCUT2D eigenvalue weighted by Gasteiger charge is -2.26. The van der Waals surface area contributed by atoms with Crippen LogP contribution in [0.25, 0.3) is 0 Å². The first-order valence-corrected chi connectivity index (χ1v) is 8.99. The molecule has 6 heteroatoms. The summed E-state index contributed by atoms with van der Waals surface area (Å²) in [5, 5.41) is 0. The van der Waals surface area contributed by atoms with Crippen LogP contribution in [0.15, 0.2) is 10.5 Å². The van der Waals surface area contributed by atoms with Gasteiger partial charge in [0.05, 0.1) is 4.47 Å². The van der Waals surface area contributed by atoms with Crippen LogP contribution in [-0.4, -0.2) is 42.1 Å². The van der Waals surface area contributed by atoms with Gasteiger partial charge in [-0.1, -0.05) is 6.07 Å². The average Bonchev–Trinajstić information content (AvgIpc) is 2.68. The van der Waals surface area contributed by atoms with Crippen molar-refractivity contribution in [2.45, 2.75) is 45.6 Å². The quantitative estimate of drug-likeness (QED) is 0.676. The third-order valence-electron chi connectivity index (χ3n) is 4.19. The van der Waals surface area contributed by atoms with Crippen molar-refractivity contribution >= 4 is 27.8 Å². The SMILES string of the molecule is CC(C)(C)OC(=O)N1CCc2cc3c(c(Br)c2CC1)OCC(=O)C3. The van der Waals surface area contributed by atoms with E-state index in [-0.39, 0.29) is 18.5 Å². The first kappa shape index (κ1) is 17.3. The van der Waals surface area contributed by atoms with Crippen molar-refractivity contribution < 1.29 is 19.1 Å². The first-order valence-electron chi connectivity index (χ1n) is 8.20. The molecule has 1 aromatic rings. The number of rotatable bonds is 0. The van der Waals surface area contributed by atoms with Crippen LogP contribution in [0, 0.1) is 0 Å². The topological polar surface area (TPSA) is 55.8 Å². The van der Waals surface area contributed by atoms with Gasteiger partial charge in [-0.3, -0.25) is 4.79 Å². The van der Waals surface area contributed by atoms with Gasteiger partial charge in [-0.2, -0.15) is 0 Å². The normalized spacial score (nSPS) is 17.5. The molecule has 2 heterocycles. The van der Waals surface area contributed by atoms with E-state index in [1.807, 2.05) is 20.8 Å². The minimum absolute atomic E-state index is 0.0957. The van der Waals surface area contributed by atoms with E-state index in [4.69, 9.17) is 9.47 Å². The second-order valence-corrected chi connectivity index (χ2v) is 8.08. The van der Waals surface area contributed by atoms with Crippen molar-refractivity contribution in [3.05, 3.63) is 27.2 Å². The van der Waals surface area contributed by atoms with Gasteiger partial charge in [0.15, 0.2) is 5.78 Å². The van der Waals surface area contributed by atoms with Gasteiger partial charge in [0.25, 0.3) is 0 Å². The van der Waals surface area contributed by atoms with Gasteiger partial charge in [-0.15, -0.1) is 0 Å². The number of fused-ring (bicyclic) bond motifs is 2. The van der Waals surface area contributed by atoms with Gasteiger partial charge in [-0.05, 0) is 60.7 Å². The number of ether oxygens (including phenoxy) is 2. The number of hydrogen-bond donors (Lipinski definition) is 0. The summed E-state index contributed by atoms with van der Waals surface area (Å²) in [6.07, 6.45) is 1.62. The molecule has 2 aliphatic heterocycles. The third-order valence-corrected chi connectivity index (χ3v) is 5.03. The van der Waals surface area contributed by atoms with Crippen LogP contribution in [0.3, 0.4) is 0 Å². The van der Waals surface area contributed by atoms with Crippen LogP contribution in [-0.2, 0) is 28.8 Å². The summed E-state index contributed by atoms with van der Waals surface area (Å²) in [7, 11) is 0. The van der Waals surface area contributed by atoms with Crippen molar-refractivity contribution in [2.24, 2.45) is 0 Å². The molecule has 0 saturated heterocycles. The molecule has 1 aromatic carbocycles. The van der Waals surface area contributed by atoms with Crippen LogP contribution in [0.2, 0.25) is 0 Å². The summed E-state index contributed by atoms with van der Waals surface area (Å²) in [6.45, 7) is 6.97. The summed E-state index contributed by atoms with van der Waals surface area (Å²) in [5.41, 5.74) is 2.77. The molecule has 0 unspecified atom stereocenters. The van der Waals surface area contributed by atoms with Crippen molar-refractivity contribution in [3.8, 4) is 5.75 Å². The van der Waals surface area contributed by atoms with E-state index >= 15 is 0 Å². The van der Waals surface area contributed by atoms with Gasteiger partial charge in [0, 0.05) is 25.1 Å².